The van der Waals surface area contributed by atoms with Crippen molar-refractivity contribution in [3.63, 3.8) is 0 Å². The van der Waals surface area contributed by atoms with E-state index in [0.29, 0.717) is 5.69 Å². The molecular weight excluding hydrogens is 240 g/mol. The predicted octanol–water partition coefficient (Wildman–Crippen LogP) is 0.886. The summed E-state index contributed by atoms with van der Waals surface area (Å²) < 4.78 is 26.1. The summed E-state index contributed by atoms with van der Waals surface area (Å²) in [5.74, 6) is 0.118. The number of anilines is 1. The van der Waals surface area contributed by atoms with Crippen molar-refractivity contribution in [2.75, 3.05) is 17.0 Å². The minimum atomic E-state index is -3.36. The molecule has 6 heteroatoms. The van der Waals surface area contributed by atoms with E-state index in [1.165, 1.54) is 12.1 Å². The van der Waals surface area contributed by atoms with Gasteiger partial charge in [0.25, 0.3) is 0 Å². The van der Waals surface area contributed by atoms with Gasteiger partial charge in [0.1, 0.15) is 5.75 Å². The van der Waals surface area contributed by atoms with Crippen LogP contribution in [0.4, 0.5) is 5.69 Å². The maximum Gasteiger partial charge on any atom is 0.234 e. The van der Waals surface area contributed by atoms with Gasteiger partial charge in [-0.1, -0.05) is 6.07 Å². The second-order valence-electron chi connectivity index (χ2n) is 4.23. The molecule has 94 valence electrons. The number of sulfonamides is 1. The summed E-state index contributed by atoms with van der Waals surface area (Å²) >= 11 is 0. The SMILES string of the molecule is O=S(=O)(CC1CCCN1)Nc1cccc(O)c1. The quantitative estimate of drug-likeness (QED) is 0.747. The van der Waals surface area contributed by atoms with Gasteiger partial charge in [0, 0.05) is 12.1 Å². The highest BCUT2D eigenvalue weighted by Crippen LogP contribution is 2.17. The second kappa shape index (κ2) is 4.93. The number of benzene rings is 1. The van der Waals surface area contributed by atoms with Gasteiger partial charge < -0.3 is 10.4 Å². The molecule has 2 rings (SSSR count). The first-order valence-corrected chi connectivity index (χ1v) is 7.23. The molecule has 3 N–H and O–H groups in total. The van der Waals surface area contributed by atoms with E-state index in [-0.39, 0.29) is 17.5 Å². The summed E-state index contributed by atoms with van der Waals surface area (Å²) in [6.07, 6.45) is 1.91. The maximum absolute atomic E-state index is 11.8. The lowest BCUT2D eigenvalue weighted by Gasteiger charge is -2.12. The Bertz CT molecular complexity index is 481. The highest BCUT2D eigenvalue weighted by molar-refractivity contribution is 7.92. The Morgan fingerprint density at radius 2 is 2.29 bits per heavy atom. The molecule has 0 saturated carbocycles. The standard InChI is InChI=1S/C11H16N2O3S/c14-11-5-1-3-9(7-11)13-17(15,16)8-10-4-2-6-12-10/h1,3,5,7,10,12-14H,2,4,6,8H2. The monoisotopic (exact) mass is 256 g/mol. The zero-order valence-electron chi connectivity index (χ0n) is 9.39. The lowest BCUT2D eigenvalue weighted by Crippen LogP contribution is -2.32. The zero-order chi connectivity index (χ0) is 12.3. The Balaban J connectivity index is 2.01. The van der Waals surface area contributed by atoms with Gasteiger partial charge in [-0.25, -0.2) is 8.42 Å². The molecule has 1 atom stereocenters. The van der Waals surface area contributed by atoms with E-state index >= 15 is 0 Å². The lowest BCUT2D eigenvalue weighted by atomic mass is 10.3. The molecule has 0 amide bonds. The van der Waals surface area contributed by atoms with Gasteiger partial charge in [0.2, 0.25) is 10.0 Å². The number of hydrogen-bond acceptors (Lipinski definition) is 4. The van der Waals surface area contributed by atoms with E-state index in [9.17, 15) is 13.5 Å². The fourth-order valence-electron chi connectivity index (χ4n) is 1.95. The van der Waals surface area contributed by atoms with Crippen LogP contribution in [-0.2, 0) is 10.0 Å². The van der Waals surface area contributed by atoms with Gasteiger partial charge in [0.15, 0.2) is 0 Å². The van der Waals surface area contributed by atoms with Crippen molar-refractivity contribution in [3.05, 3.63) is 24.3 Å². The molecule has 1 aromatic rings. The van der Waals surface area contributed by atoms with Crippen molar-refractivity contribution in [2.45, 2.75) is 18.9 Å². The molecule has 1 aliphatic heterocycles. The van der Waals surface area contributed by atoms with Crippen LogP contribution in [0.5, 0.6) is 5.75 Å². The summed E-state index contributed by atoms with van der Waals surface area (Å²) in [6.45, 7) is 0.881. The Hall–Kier alpha value is -1.27. The van der Waals surface area contributed by atoms with Crippen molar-refractivity contribution >= 4 is 15.7 Å². The fraction of sp³-hybridized carbons (Fsp3) is 0.455. The van der Waals surface area contributed by atoms with E-state index in [2.05, 4.69) is 10.0 Å². The molecule has 1 fully saturated rings. The molecule has 0 radical (unpaired) electrons. The Labute approximate surface area is 101 Å². The second-order valence-corrected chi connectivity index (χ2v) is 5.99. The number of hydrogen-bond donors (Lipinski definition) is 3. The first-order chi connectivity index (χ1) is 8.05. The van der Waals surface area contributed by atoms with Crippen LogP contribution in [-0.4, -0.2) is 31.9 Å². The van der Waals surface area contributed by atoms with Crippen LogP contribution in [0.25, 0.3) is 0 Å². The minimum absolute atomic E-state index is 0.0322. The van der Waals surface area contributed by atoms with Gasteiger partial charge in [-0.15, -0.1) is 0 Å². The first-order valence-electron chi connectivity index (χ1n) is 5.58. The molecule has 0 aromatic heterocycles. The fourth-order valence-corrected chi connectivity index (χ4v) is 3.34. The molecule has 0 spiro atoms. The first kappa shape index (κ1) is 12.2. The molecule has 0 bridgehead atoms. The number of phenolic OH excluding ortho intramolecular Hbond substituents is 1. The molecule has 1 aromatic carbocycles. The van der Waals surface area contributed by atoms with E-state index in [1.54, 1.807) is 12.1 Å². The molecule has 17 heavy (non-hydrogen) atoms. The summed E-state index contributed by atoms with van der Waals surface area (Å²) in [4.78, 5) is 0. The summed E-state index contributed by atoms with van der Waals surface area (Å²) in [5.41, 5.74) is 0.392. The molecule has 1 saturated heterocycles. The molecule has 5 nitrogen and oxygen atoms in total. The van der Waals surface area contributed by atoms with Crippen LogP contribution in [0.15, 0.2) is 24.3 Å². The topological polar surface area (TPSA) is 78.4 Å². The third kappa shape index (κ3) is 3.61. The van der Waals surface area contributed by atoms with Crippen molar-refractivity contribution < 1.29 is 13.5 Å². The number of phenols is 1. The summed E-state index contributed by atoms with van der Waals surface area (Å²) in [7, 11) is -3.36. The van der Waals surface area contributed by atoms with Crippen molar-refractivity contribution in [1.29, 1.82) is 0 Å². The summed E-state index contributed by atoms with van der Waals surface area (Å²) in [5, 5.41) is 12.4. The third-order valence-corrected chi connectivity index (χ3v) is 4.09. The average Bonchev–Trinajstić information content (AvgIpc) is 2.68. The van der Waals surface area contributed by atoms with Gasteiger partial charge in [-0.3, -0.25) is 4.72 Å². The van der Waals surface area contributed by atoms with Crippen LogP contribution in [0.3, 0.4) is 0 Å². The Morgan fingerprint density at radius 3 is 2.94 bits per heavy atom. The minimum Gasteiger partial charge on any atom is -0.508 e. The van der Waals surface area contributed by atoms with E-state index in [4.69, 9.17) is 0 Å². The highest BCUT2D eigenvalue weighted by Gasteiger charge is 2.21. The molecule has 1 heterocycles. The van der Waals surface area contributed by atoms with Crippen LogP contribution in [0.2, 0.25) is 0 Å². The molecular formula is C11H16N2O3S. The van der Waals surface area contributed by atoms with Gasteiger partial charge in [0.05, 0.1) is 11.4 Å². The molecule has 1 unspecified atom stereocenters. The number of rotatable bonds is 4. The van der Waals surface area contributed by atoms with Crippen molar-refractivity contribution in [1.82, 2.24) is 5.32 Å². The van der Waals surface area contributed by atoms with Crippen LogP contribution in [0.1, 0.15) is 12.8 Å². The van der Waals surface area contributed by atoms with Crippen LogP contribution >= 0.6 is 0 Å². The van der Waals surface area contributed by atoms with Gasteiger partial charge in [-0.05, 0) is 31.5 Å². The van der Waals surface area contributed by atoms with E-state index < -0.39 is 10.0 Å². The molecule has 1 aliphatic rings. The van der Waals surface area contributed by atoms with Crippen LogP contribution < -0.4 is 10.0 Å². The highest BCUT2D eigenvalue weighted by atomic mass is 32.2. The van der Waals surface area contributed by atoms with Crippen molar-refractivity contribution in [3.8, 4) is 5.75 Å². The number of aromatic hydroxyl groups is 1. The lowest BCUT2D eigenvalue weighted by molar-refractivity contribution is 0.475. The zero-order valence-corrected chi connectivity index (χ0v) is 10.2. The Morgan fingerprint density at radius 1 is 1.47 bits per heavy atom. The molecule has 0 aliphatic carbocycles. The van der Waals surface area contributed by atoms with Gasteiger partial charge in [-0.2, -0.15) is 0 Å². The Kier molecular flexibility index (Phi) is 3.54. The maximum atomic E-state index is 11.8. The summed E-state index contributed by atoms with van der Waals surface area (Å²) in [6, 6.07) is 6.13. The normalized spacial score (nSPS) is 20.4. The van der Waals surface area contributed by atoms with Crippen LogP contribution in [0, 0.1) is 0 Å². The van der Waals surface area contributed by atoms with E-state index in [0.717, 1.165) is 19.4 Å². The average molecular weight is 256 g/mol. The van der Waals surface area contributed by atoms with Gasteiger partial charge >= 0.3 is 0 Å². The third-order valence-electron chi connectivity index (χ3n) is 2.70. The van der Waals surface area contributed by atoms with E-state index in [1.807, 2.05) is 0 Å². The largest absolute Gasteiger partial charge is 0.508 e. The number of nitrogens with one attached hydrogen (secondary N) is 2. The predicted molar refractivity (Wildman–Crippen MR) is 66.5 cm³/mol. The smallest absolute Gasteiger partial charge is 0.234 e. The van der Waals surface area contributed by atoms with Crippen molar-refractivity contribution in [2.24, 2.45) is 0 Å².